The number of benzene rings is 1. The molecule has 1 fully saturated rings. The number of nitrogens with one attached hydrogen (secondary N) is 1. The third kappa shape index (κ3) is 4.30. The molecule has 0 spiro atoms. The van der Waals surface area contributed by atoms with Crippen LogP contribution in [-0.2, 0) is 0 Å². The first-order chi connectivity index (χ1) is 10.2. The molecule has 1 heterocycles. The van der Waals surface area contributed by atoms with Crippen LogP contribution in [0.25, 0.3) is 0 Å². The minimum Gasteiger partial charge on any atom is -0.319 e. The van der Waals surface area contributed by atoms with Crippen LogP contribution in [0.5, 0.6) is 0 Å². The van der Waals surface area contributed by atoms with Crippen LogP contribution in [0, 0.1) is 12.8 Å². The molecule has 0 radical (unpaired) electrons. The number of likely N-dealkylation sites (tertiary alicyclic amines) is 1. The molecule has 1 aromatic rings. The number of nitrogens with zero attached hydrogens (tertiary/aromatic N) is 1. The summed E-state index contributed by atoms with van der Waals surface area (Å²) in [5.74, 6) is 0.713. The zero-order valence-corrected chi connectivity index (χ0v) is 15.2. The third-order valence-corrected chi connectivity index (χ3v) is 5.50. The van der Waals surface area contributed by atoms with Crippen LogP contribution in [0.2, 0.25) is 0 Å². The van der Waals surface area contributed by atoms with Gasteiger partial charge < -0.3 is 5.32 Å². The minimum atomic E-state index is 0.562. The molecular formula is C18H29BrN2. The summed E-state index contributed by atoms with van der Waals surface area (Å²) in [5.41, 5.74) is 2.84. The fourth-order valence-electron chi connectivity index (χ4n) is 3.67. The molecule has 0 bridgehead atoms. The fraction of sp³-hybridized carbons (Fsp3) is 0.667. The van der Waals surface area contributed by atoms with Crippen molar-refractivity contribution in [2.75, 3.05) is 26.7 Å². The van der Waals surface area contributed by atoms with Crippen molar-refractivity contribution in [1.29, 1.82) is 0 Å². The molecule has 2 rings (SSSR count). The van der Waals surface area contributed by atoms with Crippen LogP contribution in [-0.4, -0.2) is 31.6 Å². The highest BCUT2D eigenvalue weighted by molar-refractivity contribution is 9.10. The van der Waals surface area contributed by atoms with Gasteiger partial charge in [0.1, 0.15) is 0 Å². The van der Waals surface area contributed by atoms with E-state index in [4.69, 9.17) is 0 Å². The Morgan fingerprint density at radius 1 is 1.33 bits per heavy atom. The SMILES string of the molecule is CCCN1CCCCC(CNC)C1c1ccc(Br)c(C)c1. The predicted octanol–water partition coefficient (Wildman–Crippen LogP) is 4.53. The lowest BCUT2D eigenvalue weighted by Gasteiger charge is -2.35. The number of hydrogen-bond donors (Lipinski definition) is 1. The van der Waals surface area contributed by atoms with E-state index >= 15 is 0 Å². The lowest BCUT2D eigenvalue weighted by molar-refractivity contribution is 0.154. The first kappa shape index (κ1) is 17.0. The van der Waals surface area contributed by atoms with E-state index in [1.54, 1.807) is 0 Å². The number of halogens is 1. The molecular weight excluding hydrogens is 324 g/mol. The average molecular weight is 353 g/mol. The Hall–Kier alpha value is -0.380. The number of rotatable bonds is 5. The summed E-state index contributed by atoms with van der Waals surface area (Å²) < 4.78 is 1.21. The van der Waals surface area contributed by atoms with Crippen LogP contribution in [0.3, 0.4) is 0 Å². The Bertz CT molecular complexity index is 431. The number of aryl methyl sites for hydroxylation is 1. The maximum atomic E-state index is 3.63. The molecule has 1 aliphatic rings. The van der Waals surface area contributed by atoms with Gasteiger partial charge in [-0.2, -0.15) is 0 Å². The van der Waals surface area contributed by atoms with E-state index < -0.39 is 0 Å². The summed E-state index contributed by atoms with van der Waals surface area (Å²) in [4.78, 5) is 2.72. The van der Waals surface area contributed by atoms with Crippen molar-refractivity contribution in [3.8, 4) is 0 Å². The summed E-state index contributed by atoms with van der Waals surface area (Å²) >= 11 is 3.63. The summed E-state index contributed by atoms with van der Waals surface area (Å²) in [7, 11) is 2.08. The second kappa shape index (κ2) is 8.30. The summed E-state index contributed by atoms with van der Waals surface area (Å²) in [6, 6.07) is 7.48. The topological polar surface area (TPSA) is 15.3 Å². The maximum absolute atomic E-state index is 3.63. The van der Waals surface area contributed by atoms with Crippen molar-refractivity contribution < 1.29 is 0 Å². The molecule has 1 saturated heterocycles. The lowest BCUT2D eigenvalue weighted by atomic mass is 9.88. The molecule has 0 aromatic heterocycles. The lowest BCUT2D eigenvalue weighted by Crippen LogP contribution is -2.37. The Balaban J connectivity index is 2.34. The molecule has 118 valence electrons. The molecule has 2 atom stereocenters. The molecule has 21 heavy (non-hydrogen) atoms. The quantitative estimate of drug-likeness (QED) is 0.837. The maximum Gasteiger partial charge on any atom is 0.0388 e. The molecule has 2 unspecified atom stereocenters. The standard InChI is InChI=1S/C18H29BrN2/c1-4-10-21-11-6-5-7-16(13-20-3)18(21)15-8-9-17(19)14(2)12-15/h8-9,12,16,18,20H,4-7,10-11,13H2,1-3H3. The highest BCUT2D eigenvalue weighted by Crippen LogP contribution is 2.36. The van der Waals surface area contributed by atoms with E-state index in [1.807, 2.05) is 0 Å². The first-order valence-electron chi connectivity index (χ1n) is 8.32. The van der Waals surface area contributed by atoms with E-state index in [0.717, 1.165) is 6.54 Å². The smallest absolute Gasteiger partial charge is 0.0388 e. The van der Waals surface area contributed by atoms with Crippen molar-refractivity contribution in [3.63, 3.8) is 0 Å². The van der Waals surface area contributed by atoms with Gasteiger partial charge in [0, 0.05) is 10.5 Å². The van der Waals surface area contributed by atoms with Crippen LogP contribution in [0.15, 0.2) is 22.7 Å². The molecule has 1 aromatic carbocycles. The minimum absolute atomic E-state index is 0.562. The van der Waals surface area contributed by atoms with Gasteiger partial charge in [-0.3, -0.25) is 4.90 Å². The van der Waals surface area contributed by atoms with Crippen molar-refractivity contribution in [2.24, 2.45) is 5.92 Å². The molecule has 3 heteroatoms. The van der Waals surface area contributed by atoms with Gasteiger partial charge in [0.2, 0.25) is 0 Å². The van der Waals surface area contributed by atoms with Gasteiger partial charge in [-0.05, 0) is 76.0 Å². The molecule has 2 nitrogen and oxygen atoms in total. The average Bonchev–Trinajstić information content (AvgIpc) is 2.66. The Kier molecular flexibility index (Phi) is 6.72. The number of hydrogen-bond acceptors (Lipinski definition) is 2. The monoisotopic (exact) mass is 352 g/mol. The van der Waals surface area contributed by atoms with Crippen molar-refractivity contribution in [1.82, 2.24) is 10.2 Å². The second-order valence-electron chi connectivity index (χ2n) is 6.30. The summed E-state index contributed by atoms with van der Waals surface area (Å²) in [5, 5.41) is 3.42. The summed E-state index contributed by atoms with van der Waals surface area (Å²) in [6.45, 7) is 8.05. The van der Waals surface area contributed by atoms with Crippen LogP contribution < -0.4 is 5.32 Å². The normalized spacial score (nSPS) is 24.0. The largest absolute Gasteiger partial charge is 0.319 e. The molecule has 1 aliphatic heterocycles. The van der Waals surface area contributed by atoms with Gasteiger partial charge in [-0.15, -0.1) is 0 Å². The third-order valence-electron chi connectivity index (χ3n) is 4.61. The van der Waals surface area contributed by atoms with Crippen LogP contribution in [0.1, 0.15) is 49.8 Å². The zero-order chi connectivity index (χ0) is 15.2. The Morgan fingerprint density at radius 2 is 2.14 bits per heavy atom. The molecule has 0 saturated carbocycles. The Labute approximate surface area is 138 Å². The van der Waals surface area contributed by atoms with Crippen LogP contribution >= 0.6 is 15.9 Å². The second-order valence-corrected chi connectivity index (χ2v) is 7.16. The van der Waals surface area contributed by atoms with E-state index in [1.165, 1.54) is 54.4 Å². The molecule has 0 aliphatic carbocycles. The van der Waals surface area contributed by atoms with Crippen molar-refractivity contribution >= 4 is 15.9 Å². The van der Waals surface area contributed by atoms with Gasteiger partial charge in [-0.25, -0.2) is 0 Å². The van der Waals surface area contributed by atoms with E-state index in [-0.39, 0.29) is 0 Å². The Morgan fingerprint density at radius 3 is 2.81 bits per heavy atom. The highest BCUT2D eigenvalue weighted by Gasteiger charge is 2.30. The van der Waals surface area contributed by atoms with Gasteiger partial charge >= 0.3 is 0 Å². The van der Waals surface area contributed by atoms with E-state index in [0.29, 0.717) is 12.0 Å². The van der Waals surface area contributed by atoms with E-state index in [2.05, 4.69) is 65.2 Å². The summed E-state index contributed by atoms with van der Waals surface area (Å²) in [6.07, 6.45) is 5.27. The highest BCUT2D eigenvalue weighted by atomic mass is 79.9. The van der Waals surface area contributed by atoms with Gasteiger partial charge in [0.15, 0.2) is 0 Å². The van der Waals surface area contributed by atoms with Crippen LogP contribution in [0.4, 0.5) is 0 Å². The van der Waals surface area contributed by atoms with Gasteiger partial charge in [0.25, 0.3) is 0 Å². The predicted molar refractivity (Wildman–Crippen MR) is 94.8 cm³/mol. The van der Waals surface area contributed by atoms with Crippen molar-refractivity contribution in [2.45, 2.75) is 45.6 Å². The van der Waals surface area contributed by atoms with Crippen molar-refractivity contribution in [3.05, 3.63) is 33.8 Å². The van der Waals surface area contributed by atoms with Gasteiger partial charge in [0.05, 0.1) is 0 Å². The van der Waals surface area contributed by atoms with E-state index in [9.17, 15) is 0 Å². The fourth-order valence-corrected chi connectivity index (χ4v) is 3.91. The molecule has 0 amide bonds. The van der Waals surface area contributed by atoms with Gasteiger partial charge in [-0.1, -0.05) is 41.4 Å². The first-order valence-corrected chi connectivity index (χ1v) is 9.11. The zero-order valence-electron chi connectivity index (χ0n) is 13.7. The molecule has 1 N–H and O–H groups in total.